The summed E-state index contributed by atoms with van der Waals surface area (Å²) in [7, 11) is -3.28. The Morgan fingerprint density at radius 3 is 2.14 bits per heavy atom. The predicted molar refractivity (Wildman–Crippen MR) is 86.0 cm³/mol. The molecule has 0 fully saturated rings. The zero-order valence-corrected chi connectivity index (χ0v) is 14.3. The summed E-state index contributed by atoms with van der Waals surface area (Å²) in [6.07, 6.45) is 0.0183. The number of amides is 1. The largest absolute Gasteiger partial charge is 0.354 e. The van der Waals surface area contributed by atoms with Crippen LogP contribution in [0.1, 0.15) is 42.5 Å². The first-order valence-electron chi connectivity index (χ1n) is 7.17. The summed E-state index contributed by atoms with van der Waals surface area (Å²) in [5.41, 5.74) is 3.96. The highest BCUT2D eigenvalue weighted by Gasteiger charge is 2.17. The maximum Gasteiger partial charge on any atom is 0.221 e. The first kappa shape index (κ1) is 17.7. The maximum atomic E-state index is 12.2. The van der Waals surface area contributed by atoms with Crippen LogP contribution in [0.4, 0.5) is 0 Å². The average molecular weight is 311 g/mol. The molecule has 0 unspecified atom stereocenters. The van der Waals surface area contributed by atoms with Crippen LogP contribution < -0.4 is 5.32 Å². The van der Waals surface area contributed by atoms with E-state index >= 15 is 0 Å². The zero-order valence-electron chi connectivity index (χ0n) is 13.5. The number of benzene rings is 1. The monoisotopic (exact) mass is 311 g/mol. The molecule has 0 heterocycles. The molecule has 0 spiro atoms. The molecule has 0 aromatic heterocycles. The lowest BCUT2D eigenvalue weighted by molar-refractivity contribution is -0.121. The van der Waals surface area contributed by atoms with Gasteiger partial charge in [0.15, 0.2) is 9.84 Å². The Kier molecular flexibility index (Phi) is 5.96. The van der Waals surface area contributed by atoms with Crippen LogP contribution in [0.2, 0.25) is 0 Å². The number of carbonyl (C=O) groups is 1. The lowest BCUT2D eigenvalue weighted by Gasteiger charge is -2.12. The van der Waals surface area contributed by atoms with E-state index in [0.717, 1.165) is 22.3 Å². The van der Waals surface area contributed by atoms with Crippen molar-refractivity contribution in [1.29, 1.82) is 0 Å². The van der Waals surface area contributed by atoms with E-state index in [9.17, 15) is 13.2 Å². The van der Waals surface area contributed by atoms with E-state index in [1.807, 2.05) is 46.8 Å². The molecule has 1 rings (SSSR count). The molecule has 0 saturated heterocycles. The maximum absolute atomic E-state index is 12.2. The molecule has 1 aromatic carbocycles. The van der Waals surface area contributed by atoms with Gasteiger partial charge in [0, 0.05) is 12.5 Å². The molecular weight excluding hydrogens is 286 g/mol. The van der Waals surface area contributed by atoms with Gasteiger partial charge in [-0.1, -0.05) is 17.7 Å². The number of sulfone groups is 1. The quantitative estimate of drug-likeness (QED) is 0.877. The third-order valence-corrected chi connectivity index (χ3v) is 4.85. The smallest absolute Gasteiger partial charge is 0.221 e. The number of rotatable bonds is 6. The minimum atomic E-state index is -3.28. The van der Waals surface area contributed by atoms with Gasteiger partial charge in [0.25, 0.3) is 0 Å². The number of hydrogen-bond acceptors (Lipinski definition) is 3. The SMILES string of the molecule is Cc1cc(C)c(CS(=O)(=O)CCC(=O)NC(C)C)c(C)c1. The van der Waals surface area contributed by atoms with Crippen LogP contribution in [0.15, 0.2) is 12.1 Å². The Morgan fingerprint density at radius 2 is 1.67 bits per heavy atom. The topological polar surface area (TPSA) is 63.2 Å². The second-order valence-corrected chi connectivity index (χ2v) is 8.13. The van der Waals surface area contributed by atoms with Crippen molar-refractivity contribution in [2.24, 2.45) is 0 Å². The van der Waals surface area contributed by atoms with E-state index < -0.39 is 9.84 Å². The third kappa shape index (κ3) is 5.87. The van der Waals surface area contributed by atoms with Crippen LogP contribution in [0.3, 0.4) is 0 Å². The molecule has 5 heteroatoms. The molecule has 0 aliphatic heterocycles. The van der Waals surface area contributed by atoms with Crippen molar-refractivity contribution in [3.63, 3.8) is 0 Å². The Morgan fingerprint density at radius 1 is 1.14 bits per heavy atom. The van der Waals surface area contributed by atoms with E-state index in [2.05, 4.69) is 5.32 Å². The Labute approximate surface area is 127 Å². The summed E-state index contributed by atoms with van der Waals surface area (Å²) in [4.78, 5) is 11.6. The summed E-state index contributed by atoms with van der Waals surface area (Å²) in [6.45, 7) is 9.55. The fraction of sp³-hybridized carbons (Fsp3) is 0.562. The molecule has 21 heavy (non-hydrogen) atoms. The van der Waals surface area contributed by atoms with Crippen molar-refractivity contribution < 1.29 is 13.2 Å². The standard InChI is InChI=1S/C16H25NO3S/c1-11(2)17-16(18)6-7-21(19,20)10-15-13(4)8-12(3)9-14(15)5/h8-9,11H,6-7,10H2,1-5H3,(H,17,18). The molecular formula is C16H25NO3S. The normalized spacial score (nSPS) is 11.7. The van der Waals surface area contributed by atoms with Crippen molar-refractivity contribution >= 4 is 15.7 Å². The minimum Gasteiger partial charge on any atom is -0.354 e. The predicted octanol–water partition coefficient (Wildman–Crippen LogP) is 2.44. The summed E-state index contributed by atoms with van der Waals surface area (Å²) < 4.78 is 24.4. The van der Waals surface area contributed by atoms with Crippen LogP contribution in [0.25, 0.3) is 0 Å². The van der Waals surface area contributed by atoms with Crippen LogP contribution >= 0.6 is 0 Å². The number of nitrogens with one attached hydrogen (secondary N) is 1. The van der Waals surface area contributed by atoms with E-state index in [0.29, 0.717) is 0 Å². The summed E-state index contributed by atoms with van der Waals surface area (Å²) in [5.74, 6) is -0.330. The van der Waals surface area contributed by atoms with Crippen LogP contribution in [0, 0.1) is 20.8 Å². The molecule has 0 radical (unpaired) electrons. The molecule has 118 valence electrons. The van der Waals surface area contributed by atoms with E-state index in [1.54, 1.807) is 0 Å². The third-order valence-electron chi connectivity index (χ3n) is 3.29. The first-order valence-corrected chi connectivity index (χ1v) is 8.99. The molecule has 1 N–H and O–H groups in total. The van der Waals surface area contributed by atoms with Crippen molar-refractivity contribution in [1.82, 2.24) is 5.32 Å². The summed E-state index contributed by atoms with van der Waals surface area (Å²) >= 11 is 0. The van der Waals surface area contributed by atoms with Crippen LogP contribution in [-0.2, 0) is 20.4 Å². The van der Waals surface area contributed by atoms with Gasteiger partial charge < -0.3 is 5.32 Å². The fourth-order valence-corrected chi connectivity index (χ4v) is 3.91. The molecule has 0 saturated carbocycles. The van der Waals surface area contributed by atoms with Crippen LogP contribution in [0.5, 0.6) is 0 Å². The molecule has 0 aliphatic rings. The summed E-state index contributed by atoms with van der Waals surface area (Å²) in [5, 5.41) is 2.71. The van der Waals surface area contributed by atoms with Gasteiger partial charge in [0.1, 0.15) is 0 Å². The zero-order chi connectivity index (χ0) is 16.2. The van der Waals surface area contributed by atoms with Gasteiger partial charge in [-0.2, -0.15) is 0 Å². The van der Waals surface area contributed by atoms with E-state index in [1.165, 1.54) is 0 Å². The average Bonchev–Trinajstić information content (AvgIpc) is 2.31. The van der Waals surface area contributed by atoms with Gasteiger partial charge in [-0.15, -0.1) is 0 Å². The van der Waals surface area contributed by atoms with E-state index in [-0.39, 0.29) is 29.9 Å². The second-order valence-electron chi connectivity index (χ2n) is 5.94. The van der Waals surface area contributed by atoms with Gasteiger partial charge in [-0.25, -0.2) is 8.42 Å². The lowest BCUT2D eigenvalue weighted by atomic mass is 10.0. The first-order chi connectivity index (χ1) is 9.60. The lowest BCUT2D eigenvalue weighted by Crippen LogP contribution is -2.31. The van der Waals surface area contributed by atoms with Gasteiger partial charge in [-0.05, 0) is 51.3 Å². The van der Waals surface area contributed by atoms with Crippen LogP contribution in [-0.4, -0.2) is 26.1 Å². The Bertz CT molecular complexity index is 595. The highest BCUT2D eigenvalue weighted by atomic mass is 32.2. The molecule has 1 amide bonds. The highest BCUT2D eigenvalue weighted by molar-refractivity contribution is 7.90. The van der Waals surface area contributed by atoms with Crippen molar-refractivity contribution in [2.45, 2.75) is 52.8 Å². The summed E-state index contributed by atoms with van der Waals surface area (Å²) in [6, 6.07) is 4.01. The molecule has 4 nitrogen and oxygen atoms in total. The number of hydrogen-bond donors (Lipinski definition) is 1. The van der Waals surface area contributed by atoms with E-state index in [4.69, 9.17) is 0 Å². The van der Waals surface area contributed by atoms with Gasteiger partial charge in [0.2, 0.25) is 5.91 Å². The number of aryl methyl sites for hydroxylation is 3. The van der Waals surface area contributed by atoms with Crippen molar-refractivity contribution in [3.8, 4) is 0 Å². The second kappa shape index (κ2) is 7.07. The van der Waals surface area contributed by atoms with Gasteiger partial charge in [0.05, 0.1) is 11.5 Å². The molecule has 1 aromatic rings. The molecule has 0 atom stereocenters. The van der Waals surface area contributed by atoms with Crippen molar-refractivity contribution in [2.75, 3.05) is 5.75 Å². The van der Waals surface area contributed by atoms with Gasteiger partial charge >= 0.3 is 0 Å². The Balaban J connectivity index is 2.76. The fourth-order valence-electron chi connectivity index (χ4n) is 2.37. The van der Waals surface area contributed by atoms with Gasteiger partial charge in [-0.3, -0.25) is 4.79 Å². The molecule has 0 bridgehead atoms. The highest BCUT2D eigenvalue weighted by Crippen LogP contribution is 2.19. The minimum absolute atomic E-state index is 0.0000940. The number of carbonyl (C=O) groups excluding carboxylic acids is 1. The Hall–Kier alpha value is -1.36. The molecule has 0 aliphatic carbocycles. The van der Waals surface area contributed by atoms with Crippen molar-refractivity contribution in [3.05, 3.63) is 34.4 Å².